The molecule has 0 fully saturated rings. The molecule has 0 saturated carbocycles. The molecule has 1 aliphatic rings. The minimum atomic E-state index is 0.0288. The Hall–Kier alpha value is -3.58. The Morgan fingerprint density at radius 3 is 2.39 bits per heavy atom. The van der Waals surface area contributed by atoms with E-state index in [0.717, 1.165) is 22.0 Å². The lowest BCUT2D eigenvalue weighted by Gasteiger charge is -2.27. The molecule has 0 N–H and O–H groups in total. The fourth-order valence-corrected chi connectivity index (χ4v) is 4.76. The summed E-state index contributed by atoms with van der Waals surface area (Å²) >= 11 is 1.66. The second kappa shape index (κ2) is 8.28. The first-order valence-electron chi connectivity index (χ1n) is 9.89. The molecule has 154 valence electrons. The number of carbonyl (C=O) groups excluding carboxylic acids is 1. The largest absolute Gasteiger partial charge is 0.497 e. The van der Waals surface area contributed by atoms with Crippen LogP contribution >= 0.6 is 11.8 Å². The van der Waals surface area contributed by atoms with Crippen molar-refractivity contribution >= 4 is 17.5 Å². The number of rotatable bonds is 6. The predicted octanol–water partition coefficient (Wildman–Crippen LogP) is 4.46. The fraction of sp³-hybridized carbons (Fsp3) is 0.125. The molecule has 5 rings (SSSR count). The van der Waals surface area contributed by atoms with Crippen LogP contribution < -0.4 is 9.75 Å². The van der Waals surface area contributed by atoms with Crippen LogP contribution in [0.15, 0.2) is 90.3 Å². The molecular weight excluding hydrogens is 408 g/mol. The average Bonchev–Trinajstić information content (AvgIpc) is 3.42. The van der Waals surface area contributed by atoms with Crippen molar-refractivity contribution in [2.45, 2.75) is 17.1 Å². The average molecular weight is 429 g/mol. The van der Waals surface area contributed by atoms with Crippen molar-refractivity contribution in [1.82, 2.24) is 14.9 Å². The van der Waals surface area contributed by atoms with E-state index < -0.39 is 0 Å². The molecule has 0 amide bonds. The maximum Gasteiger partial charge on any atom is 0.212 e. The highest BCUT2D eigenvalue weighted by Crippen LogP contribution is 2.43. The summed E-state index contributed by atoms with van der Waals surface area (Å²) in [6, 6.07) is 25.2. The topological polar surface area (TPSA) is 60.3 Å². The third-order valence-corrected chi connectivity index (χ3v) is 6.48. The molecule has 0 aliphatic carbocycles. The van der Waals surface area contributed by atoms with Crippen LogP contribution in [0.5, 0.6) is 5.75 Å². The number of ether oxygens (including phenoxy) is 1. The zero-order valence-corrected chi connectivity index (χ0v) is 17.7. The van der Waals surface area contributed by atoms with Crippen molar-refractivity contribution in [3.63, 3.8) is 0 Å². The van der Waals surface area contributed by atoms with Gasteiger partial charge in [-0.1, -0.05) is 78.5 Å². The van der Waals surface area contributed by atoms with Crippen molar-refractivity contribution in [3.05, 3.63) is 107 Å². The Morgan fingerprint density at radius 2 is 1.68 bits per heavy atom. The number of aromatic nitrogens is 3. The number of methoxy groups -OCH3 is 1. The Bertz CT molecular complexity index is 1190. The quantitative estimate of drug-likeness (QED) is 0.423. The van der Waals surface area contributed by atoms with Crippen LogP contribution in [0.3, 0.4) is 0 Å². The first kappa shape index (κ1) is 19.4. The van der Waals surface area contributed by atoms with Gasteiger partial charge in [0.15, 0.2) is 5.78 Å². The Morgan fingerprint density at radius 1 is 0.968 bits per heavy atom. The van der Waals surface area contributed by atoms with E-state index in [1.807, 2.05) is 71.4 Å². The molecule has 0 spiro atoms. The van der Waals surface area contributed by atoms with E-state index in [0.29, 0.717) is 17.7 Å². The fourth-order valence-electron chi connectivity index (χ4n) is 3.62. The van der Waals surface area contributed by atoms with E-state index in [1.165, 1.54) is 0 Å². The van der Waals surface area contributed by atoms with Crippen molar-refractivity contribution < 1.29 is 9.53 Å². The second-order valence-corrected chi connectivity index (χ2v) is 8.24. The summed E-state index contributed by atoms with van der Waals surface area (Å²) in [7, 11) is 1.67. The van der Waals surface area contributed by atoms with Gasteiger partial charge in [-0.2, -0.15) is 0 Å². The molecule has 3 aromatic carbocycles. The SMILES string of the molecule is COc1ccc(C2Sc3nncn3N2Cc2ccc(C(=O)c3ccccc3)cc2)cc1. The van der Waals surface area contributed by atoms with E-state index in [4.69, 9.17) is 4.74 Å². The summed E-state index contributed by atoms with van der Waals surface area (Å²) in [5.74, 6) is 0.859. The molecule has 7 heteroatoms. The molecule has 0 radical (unpaired) electrons. The zero-order valence-electron chi connectivity index (χ0n) is 16.9. The molecule has 0 saturated heterocycles. The third kappa shape index (κ3) is 3.80. The molecule has 31 heavy (non-hydrogen) atoms. The molecule has 1 aliphatic heterocycles. The number of benzene rings is 3. The smallest absolute Gasteiger partial charge is 0.212 e. The van der Waals surface area contributed by atoms with Gasteiger partial charge in [0.05, 0.1) is 13.7 Å². The molecule has 6 nitrogen and oxygen atoms in total. The Kier molecular flexibility index (Phi) is 5.18. The molecule has 2 heterocycles. The van der Waals surface area contributed by atoms with Crippen molar-refractivity contribution in [2.24, 2.45) is 0 Å². The Labute approximate surface area is 184 Å². The molecular formula is C24H20N4O2S. The summed E-state index contributed by atoms with van der Waals surface area (Å²) < 4.78 is 7.28. The maximum atomic E-state index is 12.7. The lowest BCUT2D eigenvalue weighted by molar-refractivity contribution is 0.103. The Balaban J connectivity index is 1.38. The van der Waals surface area contributed by atoms with Gasteiger partial charge in [-0.15, -0.1) is 10.2 Å². The summed E-state index contributed by atoms with van der Waals surface area (Å²) in [6.07, 6.45) is 1.74. The minimum Gasteiger partial charge on any atom is -0.497 e. The second-order valence-electron chi connectivity index (χ2n) is 7.19. The van der Waals surface area contributed by atoms with Gasteiger partial charge in [0.25, 0.3) is 0 Å². The number of carbonyl (C=O) groups is 1. The van der Waals surface area contributed by atoms with Crippen molar-refractivity contribution in [3.8, 4) is 5.75 Å². The van der Waals surface area contributed by atoms with Gasteiger partial charge in [0, 0.05) is 11.1 Å². The highest BCUT2D eigenvalue weighted by atomic mass is 32.2. The summed E-state index contributed by atoms with van der Waals surface area (Å²) in [5.41, 5.74) is 3.64. The molecule has 1 unspecified atom stereocenters. The number of hydrogen-bond acceptors (Lipinski definition) is 6. The number of fused-ring (bicyclic) bond motifs is 1. The standard InChI is InChI=1S/C24H20N4O2S/c1-30-21-13-11-20(12-14-21)23-27(28-16-25-26-24(28)31-23)15-17-7-9-19(10-8-17)22(29)18-5-3-2-4-6-18/h2-14,16,23H,15H2,1H3. The van der Waals surface area contributed by atoms with Gasteiger partial charge in [0.2, 0.25) is 5.16 Å². The molecule has 0 bridgehead atoms. The van der Waals surface area contributed by atoms with E-state index >= 15 is 0 Å². The van der Waals surface area contributed by atoms with E-state index in [1.54, 1.807) is 25.2 Å². The van der Waals surface area contributed by atoms with Gasteiger partial charge in [0.1, 0.15) is 17.5 Å². The van der Waals surface area contributed by atoms with E-state index in [9.17, 15) is 4.79 Å². The van der Waals surface area contributed by atoms with Crippen LogP contribution in [-0.4, -0.2) is 27.8 Å². The third-order valence-electron chi connectivity index (χ3n) is 5.26. The maximum absolute atomic E-state index is 12.7. The van der Waals surface area contributed by atoms with Gasteiger partial charge in [-0.3, -0.25) is 9.80 Å². The molecule has 1 atom stereocenters. The number of hydrogen-bond donors (Lipinski definition) is 0. The van der Waals surface area contributed by atoms with Crippen LogP contribution in [0.25, 0.3) is 0 Å². The molecule has 1 aromatic heterocycles. The van der Waals surface area contributed by atoms with Crippen LogP contribution in [0.1, 0.15) is 32.4 Å². The predicted molar refractivity (Wildman–Crippen MR) is 120 cm³/mol. The first-order chi connectivity index (χ1) is 15.2. The zero-order chi connectivity index (χ0) is 21.2. The lowest BCUT2D eigenvalue weighted by Crippen LogP contribution is -2.31. The summed E-state index contributed by atoms with van der Waals surface area (Å²) in [5, 5.41) is 11.4. The highest BCUT2D eigenvalue weighted by molar-refractivity contribution is 7.99. The normalized spacial score (nSPS) is 15.0. The van der Waals surface area contributed by atoms with E-state index in [2.05, 4.69) is 27.3 Å². The number of ketones is 1. The summed E-state index contributed by atoms with van der Waals surface area (Å²) in [4.78, 5) is 12.7. The monoisotopic (exact) mass is 428 g/mol. The van der Waals surface area contributed by atoms with Gasteiger partial charge in [-0.25, -0.2) is 4.68 Å². The summed E-state index contributed by atoms with van der Waals surface area (Å²) in [6.45, 7) is 0.661. The van der Waals surface area contributed by atoms with Crippen LogP contribution in [0.2, 0.25) is 0 Å². The first-order valence-corrected chi connectivity index (χ1v) is 10.8. The van der Waals surface area contributed by atoms with Crippen LogP contribution in [0, 0.1) is 0 Å². The lowest BCUT2D eigenvalue weighted by atomic mass is 10.0. The van der Waals surface area contributed by atoms with Gasteiger partial charge in [-0.05, 0) is 23.3 Å². The minimum absolute atomic E-state index is 0.0288. The van der Waals surface area contributed by atoms with Gasteiger partial charge < -0.3 is 4.74 Å². The molecule has 4 aromatic rings. The van der Waals surface area contributed by atoms with Crippen molar-refractivity contribution in [1.29, 1.82) is 0 Å². The highest BCUT2D eigenvalue weighted by Gasteiger charge is 2.32. The van der Waals surface area contributed by atoms with E-state index in [-0.39, 0.29) is 11.2 Å². The number of thioether (sulfide) groups is 1. The van der Waals surface area contributed by atoms with Gasteiger partial charge >= 0.3 is 0 Å². The van der Waals surface area contributed by atoms with Crippen LogP contribution in [-0.2, 0) is 6.54 Å². The van der Waals surface area contributed by atoms with Crippen molar-refractivity contribution in [2.75, 3.05) is 12.1 Å². The number of nitrogens with zero attached hydrogens (tertiary/aromatic N) is 4. The van der Waals surface area contributed by atoms with Crippen LogP contribution in [0.4, 0.5) is 0 Å².